The molecule has 3 aromatic rings. The van der Waals surface area contributed by atoms with E-state index in [4.69, 9.17) is 37.9 Å². The molecule has 5 nitrogen and oxygen atoms in total. The van der Waals surface area contributed by atoms with Gasteiger partial charge in [-0.3, -0.25) is 4.98 Å². The van der Waals surface area contributed by atoms with Crippen molar-refractivity contribution in [2.24, 2.45) is 0 Å². The summed E-state index contributed by atoms with van der Waals surface area (Å²) in [6, 6.07) is 12.1. The van der Waals surface area contributed by atoms with Gasteiger partial charge in [-0.2, -0.15) is 5.26 Å². The predicted molar refractivity (Wildman–Crippen MR) is 95.3 cm³/mol. The van der Waals surface area contributed by atoms with Crippen molar-refractivity contribution in [2.75, 3.05) is 7.11 Å². The lowest BCUT2D eigenvalue weighted by molar-refractivity contribution is 0.393. The Labute approximate surface area is 154 Å². The van der Waals surface area contributed by atoms with Crippen LogP contribution in [0, 0.1) is 11.3 Å². The second-order valence-electron chi connectivity index (χ2n) is 4.96. The molecule has 3 rings (SSSR count). The summed E-state index contributed by atoms with van der Waals surface area (Å²) in [4.78, 5) is 8.44. The lowest BCUT2D eigenvalue weighted by Crippen LogP contribution is -1.96. The Bertz CT molecular complexity index is 957. The van der Waals surface area contributed by atoms with Crippen molar-refractivity contribution < 1.29 is 9.47 Å². The van der Waals surface area contributed by atoms with Crippen LogP contribution in [0.3, 0.4) is 0 Å². The highest BCUT2D eigenvalue weighted by Crippen LogP contribution is 2.39. The highest BCUT2D eigenvalue weighted by Gasteiger charge is 2.15. The Kier molecular flexibility index (Phi) is 5.03. The van der Waals surface area contributed by atoms with E-state index in [0.717, 1.165) is 5.56 Å². The summed E-state index contributed by atoms with van der Waals surface area (Å²) < 4.78 is 11.1. The quantitative estimate of drug-likeness (QED) is 0.636. The molecule has 0 amide bonds. The highest BCUT2D eigenvalue weighted by atomic mass is 35.5. The van der Waals surface area contributed by atoms with Crippen LogP contribution in [0.25, 0.3) is 11.3 Å². The number of halogens is 2. The van der Waals surface area contributed by atoms with Crippen LogP contribution in [0.1, 0.15) is 5.56 Å². The van der Waals surface area contributed by atoms with E-state index in [1.807, 2.05) is 12.1 Å². The van der Waals surface area contributed by atoms with E-state index in [9.17, 15) is 0 Å². The summed E-state index contributed by atoms with van der Waals surface area (Å²) in [6.45, 7) is 0. The van der Waals surface area contributed by atoms with Gasteiger partial charge >= 0.3 is 0 Å². The first-order chi connectivity index (χ1) is 12.1. The molecule has 0 spiro atoms. The van der Waals surface area contributed by atoms with Crippen LogP contribution in [-0.2, 0) is 0 Å². The van der Waals surface area contributed by atoms with Crippen molar-refractivity contribution in [3.05, 3.63) is 64.4 Å². The van der Waals surface area contributed by atoms with Gasteiger partial charge in [0.25, 0.3) is 0 Å². The van der Waals surface area contributed by atoms with Gasteiger partial charge in [-0.25, -0.2) is 4.98 Å². The van der Waals surface area contributed by atoms with E-state index >= 15 is 0 Å². The maximum absolute atomic E-state index is 9.05. The predicted octanol–water partition coefficient (Wildman–Crippen LogP) is 5.12. The van der Waals surface area contributed by atoms with Crippen molar-refractivity contribution in [1.29, 1.82) is 5.26 Å². The molecule has 0 unspecified atom stereocenters. The van der Waals surface area contributed by atoms with Gasteiger partial charge in [0.15, 0.2) is 5.75 Å². The summed E-state index contributed by atoms with van der Waals surface area (Å²) in [5.41, 5.74) is 1.75. The van der Waals surface area contributed by atoms with Crippen LogP contribution in [0.2, 0.25) is 10.0 Å². The number of aromatic nitrogens is 2. The number of rotatable bonds is 4. The molecule has 0 fully saturated rings. The Morgan fingerprint density at radius 2 is 2.00 bits per heavy atom. The monoisotopic (exact) mass is 371 g/mol. The zero-order valence-corrected chi connectivity index (χ0v) is 14.5. The van der Waals surface area contributed by atoms with Crippen LogP contribution in [0.15, 0.2) is 48.8 Å². The maximum atomic E-state index is 9.05. The molecule has 0 aliphatic carbocycles. The largest absolute Gasteiger partial charge is 0.480 e. The first kappa shape index (κ1) is 17.0. The lowest BCUT2D eigenvalue weighted by Gasteiger charge is -2.12. The van der Waals surface area contributed by atoms with Crippen LogP contribution >= 0.6 is 23.2 Å². The van der Waals surface area contributed by atoms with Crippen LogP contribution in [-0.4, -0.2) is 17.1 Å². The second kappa shape index (κ2) is 7.39. The molecule has 0 saturated carbocycles. The minimum atomic E-state index is 0.216. The fraction of sp³-hybridized carbons (Fsp3) is 0.0556. The fourth-order valence-corrected chi connectivity index (χ4v) is 2.61. The maximum Gasteiger partial charge on any atom is 0.236 e. The molecule has 124 valence electrons. The topological polar surface area (TPSA) is 68.0 Å². The lowest BCUT2D eigenvalue weighted by atomic mass is 10.2. The Balaban J connectivity index is 2.07. The van der Waals surface area contributed by atoms with Crippen molar-refractivity contribution >= 4 is 23.2 Å². The molecule has 0 aliphatic heterocycles. The third-order valence-electron chi connectivity index (χ3n) is 3.27. The molecule has 7 heteroatoms. The summed E-state index contributed by atoms with van der Waals surface area (Å²) >= 11 is 12.3. The SMILES string of the molecule is COc1nc(-c2cccnc2)cc(Oc2cc(Cl)cc(C#N)c2)c1Cl. The molecule has 0 saturated heterocycles. The fourth-order valence-electron chi connectivity index (χ4n) is 2.17. The molecule has 25 heavy (non-hydrogen) atoms. The molecular weight excluding hydrogens is 361 g/mol. The number of pyridine rings is 2. The molecule has 0 N–H and O–H groups in total. The van der Waals surface area contributed by atoms with Crippen molar-refractivity contribution in [3.63, 3.8) is 0 Å². The average molecular weight is 372 g/mol. The summed E-state index contributed by atoms with van der Waals surface area (Å²) in [5, 5.41) is 9.66. The Morgan fingerprint density at radius 1 is 1.16 bits per heavy atom. The number of hydrogen-bond acceptors (Lipinski definition) is 5. The van der Waals surface area contributed by atoms with Gasteiger partial charge in [-0.1, -0.05) is 23.2 Å². The van der Waals surface area contributed by atoms with E-state index < -0.39 is 0 Å². The number of nitriles is 1. The van der Waals surface area contributed by atoms with E-state index in [1.165, 1.54) is 7.11 Å². The van der Waals surface area contributed by atoms with Crippen molar-refractivity contribution in [2.45, 2.75) is 0 Å². The number of hydrogen-bond donors (Lipinski definition) is 0. The molecule has 0 aliphatic rings. The molecule has 0 bridgehead atoms. The van der Waals surface area contributed by atoms with Gasteiger partial charge in [0.1, 0.15) is 10.8 Å². The van der Waals surface area contributed by atoms with E-state index in [0.29, 0.717) is 27.8 Å². The molecule has 1 aromatic carbocycles. The zero-order chi connectivity index (χ0) is 17.8. The third kappa shape index (κ3) is 3.82. The minimum Gasteiger partial charge on any atom is -0.480 e. The normalized spacial score (nSPS) is 10.2. The summed E-state index contributed by atoms with van der Waals surface area (Å²) in [7, 11) is 1.47. The van der Waals surface area contributed by atoms with E-state index in [2.05, 4.69) is 9.97 Å². The number of benzene rings is 1. The van der Waals surface area contributed by atoms with Crippen LogP contribution < -0.4 is 9.47 Å². The number of methoxy groups -OCH3 is 1. The molecule has 2 aromatic heterocycles. The zero-order valence-electron chi connectivity index (χ0n) is 13.0. The molecule has 0 radical (unpaired) electrons. The van der Waals surface area contributed by atoms with Gasteiger partial charge in [0.05, 0.1) is 24.4 Å². The van der Waals surface area contributed by atoms with Gasteiger partial charge < -0.3 is 9.47 Å². The Morgan fingerprint density at radius 3 is 2.68 bits per heavy atom. The third-order valence-corrected chi connectivity index (χ3v) is 3.84. The standard InChI is InChI=1S/C18H11Cl2N3O2/c1-24-18-17(20)16(8-15(23-18)12-3-2-4-22-10-12)25-14-6-11(9-21)5-13(19)7-14/h2-8,10H,1H3. The highest BCUT2D eigenvalue weighted by molar-refractivity contribution is 6.33. The second-order valence-corrected chi connectivity index (χ2v) is 5.77. The number of nitrogens with zero attached hydrogens (tertiary/aromatic N) is 3. The average Bonchev–Trinajstić information content (AvgIpc) is 2.63. The number of ether oxygens (including phenoxy) is 2. The first-order valence-corrected chi connectivity index (χ1v) is 7.90. The van der Waals surface area contributed by atoms with E-state index in [-0.39, 0.29) is 10.9 Å². The molecular formula is C18H11Cl2N3O2. The van der Waals surface area contributed by atoms with E-state index in [1.54, 1.807) is 42.7 Å². The molecule has 0 atom stereocenters. The smallest absolute Gasteiger partial charge is 0.236 e. The van der Waals surface area contributed by atoms with Gasteiger partial charge in [0, 0.05) is 29.0 Å². The van der Waals surface area contributed by atoms with Crippen molar-refractivity contribution in [3.8, 4) is 34.7 Å². The molecule has 2 heterocycles. The first-order valence-electron chi connectivity index (χ1n) is 7.14. The van der Waals surface area contributed by atoms with Gasteiger partial charge in [0.2, 0.25) is 5.88 Å². The Hall–Kier alpha value is -2.81. The van der Waals surface area contributed by atoms with Crippen LogP contribution in [0.4, 0.5) is 0 Å². The van der Waals surface area contributed by atoms with Crippen LogP contribution in [0.5, 0.6) is 17.4 Å². The van der Waals surface area contributed by atoms with Gasteiger partial charge in [-0.05, 0) is 30.3 Å². The minimum absolute atomic E-state index is 0.216. The van der Waals surface area contributed by atoms with Gasteiger partial charge in [-0.15, -0.1) is 0 Å². The summed E-state index contributed by atoms with van der Waals surface area (Å²) in [6.07, 6.45) is 3.34. The summed E-state index contributed by atoms with van der Waals surface area (Å²) in [5.74, 6) is 0.940. The van der Waals surface area contributed by atoms with Crippen molar-refractivity contribution in [1.82, 2.24) is 9.97 Å².